The number of amides is 1. The molecule has 6 nitrogen and oxygen atoms in total. The van der Waals surface area contributed by atoms with Crippen LogP contribution in [0.15, 0.2) is 42.5 Å². The molecule has 1 aliphatic rings. The van der Waals surface area contributed by atoms with E-state index < -0.39 is 0 Å². The van der Waals surface area contributed by atoms with Crippen molar-refractivity contribution >= 4 is 5.91 Å². The van der Waals surface area contributed by atoms with Crippen molar-refractivity contribution < 1.29 is 24.1 Å². The predicted molar refractivity (Wildman–Crippen MR) is 122 cm³/mol. The number of aryl methyl sites for hydroxylation is 1. The molecular formula is C25H37N3O3+2. The van der Waals surface area contributed by atoms with E-state index in [1.807, 2.05) is 32.0 Å². The molecule has 1 fully saturated rings. The molecule has 6 heteroatoms. The average molecular weight is 428 g/mol. The molecule has 0 aliphatic carbocycles. The van der Waals surface area contributed by atoms with Crippen LogP contribution in [0.25, 0.3) is 0 Å². The van der Waals surface area contributed by atoms with Crippen molar-refractivity contribution in [2.45, 2.75) is 39.4 Å². The quantitative estimate of drug-likeness (QED) is 0.577. The smallest absolute Gasteiger partial charge is 0.278 e. The summed E-state index contributed by atoms with van der Waals surface area (Å²) in [4.78, 5) is 15.7. The highest BCUT2D eigenvalue weighted by atomic mass is 16.5. The number of nitrogens with one attached hydrogen (secondary N) is 3. The minimum atomic E-state index is -0.0458. The van der Waals surface area contributed by atoms with Gasteiger partial charge in [-0.1, -0.05) is 30.3 Å². The lowest BCUT2D eigenvalue weighted by Crippen LogP contribution is -3.29. The summed E-state index contributed by atoms with van der Waals surface area (Å²) >= 11 is 0. The first-order valence-electron chi connectivity index (χ1n) is 11.2. The van der Waals surface area contributed by atoms with Crippen molar-refractivity contribution in [2.24, 2.45) is 0 Å². The van der Waals surface area contributed by atoms with Gasteiger partial charge in [-0.3, -0.25) is 4.79 Å². The van der Waals surface area contributed by atoms with Crippen LogP contribution in [-0.4, -0.2) is 52.3 Å². The Morgan fingerprint density at radius 2 is 1.61 bits per heavy atom. The highest BCUT2D eigenvalue weighted by Crippen LogP contribution is 2.29. The number of rotatable bonds is 8. The first kappa shape index (κ1) is 23.1. The predicted octanol–water partition coefficient (Wildman–Crippen LogP) is 0.562. The maximum atomic E-state index is 12.8. The van der Waals surface area contributed by atoms with Crippen LogP contribution in [0.5, 0.6) is 11.5 Å². The van der Waals surface area contributed by atoms with Gasteiger partial charge in [-0.2, -0.15) is 0 Å². The molecule has 2 aromatic rings. The lowest BCUT2D eigenvalue weighted by molar-refractivity contribution is -1.02. The van der Waals surface area contributed by atoms with E-state index in [9.17, 15) is 4.79 Å². The third-order valence-corrected chi connectivity index (χ3v) is 6.55. The van der Waals surface area contributed by atoms with Crippen molar-refractivity contribution in [3.8, 4) is 11.5 Å². The normalized spacial score (nSPS) is 20.5. The topological polar surface area (TPSA) is 56.4 Å². The monoisotopic (exact) mass is 427 g/mol. The Hall–Kier alpha value is -2.57. The summed E-state index contributed by atoms with van der Waals surface area (Å²) in [5, 5.41) is 3.18. The van der Waals surface area contributed by atoms with Crippen LogP contribution in [0.2, 0.25) is 0 Å². The van der Waals surface area contributed by atoms with Crippen molar-refractivity contribution in [1.29, 1.82) is 0 Å². The van der Waals surface area contributed by atoms with E-state index >= 15 is 0 Å². The van der Waals surface area contributed by atoms with Crippen LogP contribution >= 0.6 is 0 Å². The molecule has 0 aromatic heterocycles. The van der Waals surface area contributed by atoms with Gasteiger partial charge in [0.25, 0.3) is 5.91 Å². The zero-order valence-corrected chi connectivity index (χ0v) is 19.5. The number of piperazine rings is 1. The summed E-state index contributed by atoms with van der Waals surface area (Å²) in [6, 6.07) is 14.3. The van der Waals surface area contributed by atoms with E-state index in [0.717, 1.165) is 49.8 Å². The van der Waals surface area contributed by atoms with Gasteiger partial charge in [-0.15, -0.1) is 0 Å². The van der Waals surface area contributed by atoms with E-state index in [2.05, 4.69) is 36.5 Å². The van der Waals surface area contributed by atoms with Gasteiger partial charge in [0.15, 0.2) is 17.5 Å². The Balaban J connectivity index is 1.53. The Bertz CT molecular complexity index is 864. The molecule has 1 heterocycles. The minimum Gasteiger partial charge on any atom is -0.493 e. The van der Waals surface area contributed by atoms with Crippen molar-refractivity contribution in [3.05, 3.63) is 59.2 Å². The lowest BCUT2D eigenvalue weighted by Gasteiger charge is -2.33. The van der Waals surface area contributed by atoms with Crippen LogP contribution < -0.4 is 24.6 Å². The highest BCUT2D eigenvalue weighted by Gasteiger charge is 2.32. The molecule has 0 radical (unpaired) electrons. The molecule has 168 valence electrons. The first-order chi connectivity index (χ1) is 14.9. The van der Waals surface area contributed by atoms with Crippen molar-refractivity contribution in [2.75, 3.05) is 40.4 Å². The molecule has 2 aromatic carbocycles. The van der Waals surface area contributed by atoms with Gasteiger partial charge in [0.05, 0.1) is 20.3 Å². The van der Waals surface area contributed by atoms with Crippen LogP contribution in [-0.2, 0) is 11.3 Å². The molecule has 1 aliphatic heterocycles. The summed E-state index contributed by atoms with van der Waals surface area (Å²) in [5.74, 6) is 1.69. The highest BCUT2D eigenvalue weighted by molar-refractivity contribution is 5.80. The fourth-order valence-corrected chi connectivity index (χ4v) is 4.37. The maximum Gasteiger partial charge on any atom is 0.278 e. The van der Waals surface area contributed by atoms with Gasteiger partial charge in [0, 0.05) is 5.56 Å². The second-order valence-electron chi connectivity index (χ2n) is 8.58. The van der Waals surface area contributed by atoms with E-state index in [-0.39, 0.29) is 18.0 Å². The molecule has 1 saturated heterocycles. The second-order valence-corrected chi connectivity index (χ2v) is 8.58. The molecule has 0 spiro atoms. The summed E-state index contributed by atoms with van der Waals surface area (Å²) in [7, 11) is 3.35. The summed E-state index contributed by atoms with van der Waals surface area (Å²) in [6.45, 7) is 11.3. The minimum absolute atomic E-state index is 0.0236. The van der Waals surface area contributed by atoms with Crippen LogP contribution in [0.1, 0.15) is 36.6 Å². The number of methoxy groups -OCH3 is 2. The van der Waals surface area contributed by atoms with E-state index in [0.29, 0.717) is 0 Å². The summed E-state index contributed by atoms with van der Waals surface area (Å²) in [6.07, 6.45) is 0. The van der Waals surface area contributed by atoms with E-state index in [1.165, 1.54) is 16.0 Å². The summed E-state index contributed by atoms with van der Waals surface area (Å²) in [5.41, 5.74) is 3.65. The Morgan fingerprint density at radius 3 is 2.23 bits per heavy atom. The van der Waals surface area contributed by atoms with Gasteiger partial charge < -0.3 is 24.6 Å². The largest absolute Gasteiger partial charge is 0.493 e. The van der Waals surface area contributed by atoms with Gasteiger partial charge in [0.1, 0.15) is 32.7 Å². The average Bonchev–Trinajstić information content (AvgIpc) is 2.80. The molecule has 1 amide bonds. The van der Waals surface area contributed by atoms with Gasteiger partial charge in [-0.05, 0) is 44.0 Å². The fourth-order valence-electron chi connectivity index (χ4n) is 4.37. The van der Waals surface area contributed by atoms with Gasteiger partial charge >= 0.3 is 0 Å². The number of ether oxygens (including phenoxy) is 2. The van der Waals surface area contributed by atoms with Crippen molar-refractivity contribution in [3.63, 3.8) is 0 Å². The first-order valence-corrected chi connectivity index (χ1v) is 11.2. The standard InChI is InChI=1S/C25H35N3O3/c1-18-15-23(30-4)24(31-5)16-22(18)17-27-11-13-28(14-12-27)20(3)25(29)26-19(2)21-9-7-6-8-10-21/h6-10,15-16,19-20H,11-14,17H2,1-5H3,(H,26,29)/p+2/t19-,20-/m1/s1. The molecule has 0 bridgehead atoms. The number of hydrogen-bond donors (Lipinski definition) is 3. The van der Waals surface area contributed by atoms with Gasteiger partial charge in [-0.25, -0.2) is 0 Å². The Kier molecular flexibility index (Phi) is 7.93. The third kappa shape index (κ3) is 5.77. The number of quaternary nitrogens is 2. The Labute approximate surface area is 186 Å². The van der Waals surface area contributed by atoms with Crippen LogP contribution in [0.4, 0.5) is 0 Å². The maximum absolute atomic E-state index is 12.8. The third-order valence-electron chi connectivity index (χ3n) is 6.55. The van der Waals surface area contributed by atoms with Gasteiger partial charge in [0.2, 0.25) is 0 Å². The molecule has 3 rings (SSSR count). The van der Waals surface area contributed by atoms with Crippen molar-refractivity contribution in [1.82, 2.24) is 5.32 Å². The SMILES string of the molecule is COc1cc(C)c(C[NH+]2CC[NH+]([C@H](C)C(=O)N[C@H](C)c3ccccc3)CC2)cc1OC. The number of benzene rings is 2. The zero-order chi connectivity index (χ0) is 22.4. The number of carbonyl (C=O) groups is 1. The molecule has 0 unspecified atom stereocenters. The molecule has 31 heavy (non-hydrogen) atoms. The lowest BCUT2D eigenvalue weighted by atomic mass is 10.1. The Morgan fingerprint density at radius 1 is 1.00 bits per heavy atom. The van der Waals surface area contributed by atoms with E-state index in [1.54, 1.807) is 19.1 Å². The molecule has 3 N–H and O–H groups in total. The van der Waals surface area contributed by atoms with Crippen LogP contribution in [0.3, 0.4) is 0 Å². The molecular weight excluding hydrogens is 390 g/mol. The van der Waals surface area contributed by atoms with Crippen LogP contribution in [0, 0.1) is 6.92 Å². The fraction of sp³-hybridized carbons (Fsp3) is 0.480. The number of hydrogen-bond acceptors (Lipinski definition) is 3. The second kappa shape index (κ2) is 10.6. The summed E-state index contributed by atoms with van der Waals surface area (Å²) < 4.78 is 10.9. The van der Waals surface area contributed by atoms with E-state index in [4.69, 9.17) is 9.47 Å². The number of carbonyl (C=O) groups excluding carboxylic acids is 1. The zero-order valence-electron chi connectivity index (χ0n) is 19.5. The molecule has 0 saturated carbocycles. The molecule has 2 atom stereocenters.